The Morgan fingerprint density at radius 1 is 1.33 bits per heavy atom. The molecule has 0 aliphatic carbocycles. The Hall–Kier alpha value is -0.830. The molecule has 0 bridgehead atoms. The molecule has 2 nitrogen and oxygen atoms in total. The molecule has 1 aromatic carbocycles. The van der Waals surface area contributed by atoms with Crippen molar-refractivity contribution >= 4 is 27.5 Å². The van der Waals surface area contributed by atoms with Gasteiger partial charge in [0.25, 0.3) is 0 Å². The Morgan fingerprint density at radius 2 is 2.07 bits per heavy atom. The largest absolute Gasteiger partial charge is 0.311 e. The maximum Gasteiger partial charge on any atom is 0.227 e. The number of rotatable bonds is 1. The van der Waals surface area contributed by atoms with Gasteiger partial charge in [-0.25, -0.2) is 0 Å². The van der Waals surface area contributed by atoms with Crippen molar-refractivity contribution in [2.45, 2.75) is 26.7 Å². The van der Waals surface area contributed by atoms with Crippen molar-refractivity contribution in [3.8, 4) is 0 Å². The Bertz CT molecular complexity index is 391. The molecule has 1 saturated heterocycles. The summed E-state index contributed by atoms with van der Waals surface area (Å²) in [5.41, 5.74) is 3.43. The summed E-state index contributed by atoms with van der Waals surface area (Å²) in [5, 5.41) is 0. The standard InChI is InChI=1S/C12H14BrNO/c1-8-6-9(2)12(10(13)7-8)14-5-3-4-11(14)15/h6-7H,3-5H2,1-2H3. The van der Waals surface area contributed by atoms with Crippen molar-refractivity contribution in [2.24, 2.45) is 0 Å². The summed E-state index contributed by atoms with van der Waals surface area (Å²) in [7, 11) is 0. The number of anilines is 1. The second-order valence-electron chi connectivity index (χ2n) is 4.06. The van der Waals surface area contributed by atoms with Crippen LogP contribution in [0, 0.1) is 13.8 Å². The average Bonchev–Trinajstić information content (AvgIpc) is 2.50. The number of aryl methyl sites for hydroxylation is 2. The van der Waals surface area contributed by atoms with Crippen LogP contribution in [0.3, 0.4) is 0 Å². The zero-order chi connectivity index (χ0) is 11.0. The van der Waals surface area contributed by atoms with Crippen LogP contribution in [0.5, 0.6) is 0 Å². The van der Waals surface area contributed by atoms with E-state index >= 15 is 0 Å². The lowest BCUT2D eigenvalue weighted by Crippen LogP contribution is -2.25. The van der Waals surface area contributed by atoms with E-state index in [1.165, 1.54) is 5.56 Å². The second kappa shape index (κ2) is 3.97. The topological polar surface area (TPSA) is 20.3 Å². The smallest absolute Gasteiger partial charge is 0.227 e. The summed E-state index contributed by atoms with van der Waals surface area (Å²) in [6, 6.07) is 4.18. The number of nitrogens with zero attached hydrogens (tertiary/aromatic N) is 1. The number of hydrogen-bond acceptors (Lipinski definition) is 1. The average molecular weight is 268 g/mol. The second-order valence-corrected chi connectivity index (χ2v) is 4.92. The van der Waals surface area contributed by atoms with Crippen LogP contribution < -0.4 is 4.90 Å². The van der Waals surface area contributed by atoms with Crippen LogP contribution >= 0.6 is 15.9 Å². The highest BCUT2D eigenvalue weighted by Crippen LogP contribution is 2.33. The minimum atomic E-state index is 0.239. The molecule has 80 valence electrons. The summed E-state index contributed by atoms with van der Waals surface area (Å²) in [5.74, 6) is 0.239. The molecule has 3 heteroatoms. The third-order valence-corrected chi connectivity index (χ3v) is 3.35. The number of halogens is 1. The van der Waals surface area contributed by atoms with Crippen molar-refractivity contribution in [1.29, 1.82) is 0 Å². The van der Waals surface area contributed by atoms with E-state index in [0.29, 0.717) is 6.42 Å². The predicted octanol–water partition coefficient (Wildman–Crippen LogP) is 3.19. The van der Waals surface area contributed by atoms with Gasteiger partial charge in [-0.1, -0.05) is 6.07 Å². The first-order valence-electron chi connectivity index (χ1n) is 5.16. The van der Waals surface area contributed by atoms with Gasteiger partial charge in [0, 0.05) is 17.4 Å². The van der Waals surface area contributed by atoms with Gasteiger partial charge in [0.15, 0.2) is 0 Å². The number of carbonyl (C=O) groups is 1. The van der Waals surface area contributed by atoms with Gasteiger partial charge >= 0.3 is 0 Å². The van der Waals surface area contributed by atoms with E-state index in [9.17, 15) is 4.79 Å². The zero-order valence-corrected chi connectivity index (χ0v) is 10.6. The van der Waals surface area contributed by atoms with Gasteiger partial charge in [0.2, 0.25) is 5.91 Å². The van der Waals surface area contributed by atoms with Gasteiger partial charge in [-0.3, -0.25) is 4.79 Å². The molecule has 0 spiro atoms. The van der Waals surface area contributed by atoms with Crippen LogP contribution in [0.4, 0.5) is 5.69 Å². The van der Waals surface area contributed by atoms with Gasteiger partial charge in [-0.05, 0) is 53.4 Å². The molecular formula is C12H14BrNO. The van der Waals surface area contributed by atoms with E-state index in [4.69, 9.17) is 0 Å². The lowest BCUT2D eigenvalue weighted by Gasteiger charge is -2.20. The van der Waals surface area contributed by atoms with Crippen molar-refractivity contribution in [3.63, 3.8) is 0 Å². The molecule has 0 N–H and O–H groups in total. The molecule has 1 amide bonds. The SMILES string of the molecule is Cc1cc(C)c(N2CCCC2=O)c(Br)c1. The molecule has 1 heterocycles. The third-order valence-electron chi connectivity index (χ3n) is 2.74. The van der Waals surface area contributed by atoms with Gasteiger partial charge < -0.3 is 4.90 Å². The Balaban J connectivity index is 2.47. The van der Waals surface area contributed by atoms with E-state index in [1.807, 2.05) is 4.90 Å². The number of benzene rings is 1. The van der Waals surface area contributed by atoms with Gasteiger partial charge in [-0.15, -0.1) is 0 Å². The molecule has 1 aliphatic heterocycles. The van der Waals surface area contributed by atoms with E-state index in [1.54, 1.807) is 0 Å². The van der Waals surface area contributed by atoms with Crippen molar-refractivity contribution in [3.05, 3.63) is 27.7 Å². The van der Waals surface area contributed by atoms with Crippen LogP contribution in [-0.4, -0.2) is 12.5 Å². The normalized spacial score (nSPS) is 16.2. The number of carbonyl (C=O) groups excluding carboxylic acids is 1. The summed E-state index contributed by atoms with van der Waals surface area (Å²) in [4.78, 5) is 13.6. The molecule has 0 aromatic heterocycles. The number of hydrogen-bond donors (Lipinski definition) is 0. The van der Waals surface area contributed by atoms with E-state index < -0.39 is 0 Å². The van der Waals surface area contributed by atoms with E-state index in [0.717, 1.165) is 28.7 Å². The Morgan fingerprint density at radius 3 is 2.60 bits per heavy atom. The maximum absolute atomic E-state index is 11.7. The van der Waals surface area contributed by atoms with Gasteiger partial charge in [0.1, 0.15) is 0 Å². The van der Waals surface area contributed by atoms with Crippen LogP contribution in [0.2, 0.25) is 0 Å². The van der Waals surface area contributed by atoms with Crippen molar-refractivity contribution < 1.29 is 4.79 Å². The molecule has 0 radical (unpaired) electrons. The molecule has 1 aliphatic rings. The first kappa shape index (κ1) is 10.7. The molecular weight excluding hydrogens is 254 g/mol. The summed E-state index contributed by atoms with van der Waals surface area (Å²) < 4.78 is 1.02. The lowest BCUT2D eigenvalue weighted by atomic mass is 10.1. The molecule has 2 rings (SSSR count). The maximum atomic E-state index is 11.7. The summed E-state index contributed by atoms with van der Waals surface area (Å²) in [6.07, 6.45) is 1.65. The highest BCUT2D eigenvalue weighted by molar-refractivity contribution is 9.10. The molecule has 0 unspecified atom stereocenters. The van der Waals surface area contributed by atoms with Crippen molar-refractivity contribution in [2.75, 3.05) is 11.4 Å². The molecule has 1 fully saturated rings. The van der Waals surface area contributed by atoms with E-state index in [2.05, 4.69) is 41.9 Å². The lowest BCUT2D eigenvalue weighted by molar-refractivity contribution is -0.117. The summed E-state index contributed by atoms with van der Waals surface area (Å²) >= 11 is 3.54. The monoisotopic (exact) mass is 267 g/mol. The fraction of sp³-hybridized carbons (Fsp3) is 0.417. The first-order chi connectivity index (χ1) is 7.09. The quantitative estimate of drug-likeness (QED) is 0.766. The Labute approximate surface area is 98.4 Å². The van der Waals surface area contributed by atoms with Gasteiger partial charge in [-0.2, -0.15) is 0 Å². The Kier molecular flexibility index (Phi) is 2.83. The minimum absolute atomic E-state index is 0.239. The molecule has 0 saturated carbocycles. The van der Waals surface area contributed by atoms with Crippen LogP contribution in [0.1, 0.15) is 24.0 Å². The fourth-order valence-corrected chi connectivity index (χ4v) is 3.02. The minimum Gasteiger partial charge on any atom is -0.311 e. The van der Waals surface area contributed by atoms with Crippen LogP contribution in [-0.2, 0) is 4.79 Å². The molecule has 0 atom stereocenters. The fourth-order valence-electron chi connectivity index (χ4n) is 2.13. The third kappa shape index (κ3) is 1.93. The highest BCUT2D eigenvalue weighted by atomic mass is 79.9. The van der Waals surface area contributed by atoms with Crippen LogP contribution in [0.15, 0.2) is 16.6 Å². The highest BCUT2D eigenvalue weighted by Gasteiger charge is 2.24. The van der Waals surface area contributed by atoms with Gasteiger partial charge in [0.05, 0.1) is 5.69 Å². The van der Waals surface area contributed by atoms with E-state index in [-0.39, 0.29) is 5.91 Å². The zero-order valence-electron chi connectivity index (χ0n) is 9.01. The van der Waals surface area contributed by atoms with Crippen LogP contribution in [0.25, 0.3) is 0 Å². The number of amides is 1. The molecule has 15 heavy (non-hydrogen) atoms. The molecule has 1 aromatic rings. The van der Waals surface area contributed by atoms with Crippen molar-refractivity contribution in [1.82, 2.24) is 0 Å². The summed E-state index contributed by atoms with van der Waals surface area (Å²) in [6.45, 7) is 4.97. The predicted molar refractivity (Wildman–Crippen MR) is 65.2 cm³/mol. The first-order valence-corrected chi connectivity index (χ1v) is 5.96.